The van der Waals surface area contributed by atoms with E-state index >= 15 is 0 Å². The zero-order valence-electron chi connectivity index (χ0n) is 15.9. The van der Waals surface area contributed by atoms with E-state index in [9.17, 15) is 9.59 Å². The molecule has 5 nitrogen and oxygen atoms in total. The molecule has 0 bridgehead atoms. The zero-order valence-corrected chi connectivity index (χ0v) is 15.9. The normalized spacial score (nSPS) is 10.1. The quantitative estimate of drug-likeness (QED) is 0.414. The molecule has 0 atom stereocenters. The van der Waals surface area contributed by atoms with Gasteiger partial charge in [0.2, 0.25) is 0 Å². The molecule has 0 radical (unpaired) electrons. The third-order valence-electron chi connectivity index (χ3n) is 4.24. The molecule has 0 fully saturated rings. The Balaban J connectivity index is 2.54. The van der Waals surface area contributed by atoms with Gasteiger partial charge in [-0.15, -0.1) is 0 Å². The Bertz CT molecular complexity index is 849. The van der Waals surface area contributed by atoms with Gasteiger partial charge in [0.05, 0.1) is 0 Å². The number of hydrogen-bond donors (Lipinski definition) is 0. The zero-order chi connectivity index (χ0) is 20.1. The molecule has 0 aliphatic rings. The highest BCUT2D eigenvalue weighted by atomic mass is 16.6. The number of benzene rings is 2. The molecule has 27 heavy (non-hydrogen) atoms. The second kappa shape index (κ2) is 8.36. The summed E-state index contributed by atoms with van der Waals surface area (Å²) in [6.45, 7) is 14.3. The maximum absolute atomic E-state index is 11.7. The summed E-state index contributed by atoms with van der Waals surface area (Å²) in [6, 6.07) is 7.10. The Morgan fingerprint density at radius 1 is 0.741 bits per heavy atom. The lowest BCUT2D eigenvalue weighted by Gasteiger charge is -2.18. The van der Waals surface area contributed by atoms with E-state index in [1.165, 1.54) is 0 Å². The Labute approximate surface area is 158 Å². The third-order valence-corrected chi connectivity index (χ3v) is 4.24. The van der Waals surface area contributed by atoms with Crippen LogP contribution in [0.15, 0.2) is 49.6 Å². The van der Waals surface area contributed by atoms with Crippen LogP contribution in [-0.4, -0.2) is 11.9 Å². The van der Waals surface area contributed by atoms with Crippen molar-refractivity contribution in [3.05, 3.63) is 71.8 Å². The first kappa shape index (κ1) is 20.0. The van der Waals surface area contributed by atoms with Crippen LogP contribution in [0.25, 0.3) is 0 Å². The van der Waals surface area contributed by atoms with E-state index in [4.69, 9.17) is 14.2 Å². The highest BCUT2D eigenvalue weighted by Gasteiger charge is 2.19. The summed E-state index contributed by atoms with van der Waals surface area (Å²) < 4.78 is 16.7. The van der Waals surface area contributed by atoms with E-state index < -0.39 is 11.9 Å². The fraction of sp³-hybridized carbons (Fsp3) is 0.182. The number of carbonyl (C=O) groups is 2. The summed E-state index contributed by atoms with van der Waals surface area (Å²) in [7, 11) is 0. The molecule has 0 spiro atoms. The van der Waals surface area contributed by atoms with Crippen molar-refractivity contribution >= 4 is 11.9 Å². The molecule has 0 N–H and O–H groups in total. The first-order chi connectivity index (χ1) is 12.8. The minimum Gasteiger partial charge on any atom is -0.449 e. The van der Waals surface area contributed by atoms with Gasteiger partial charge in [-0.3, -0.25) is 0 Å². The van der Waals surface area contributed by atoms with Gasteiger partial charge < -0.3 is 14.2 Å². The van der Waals surface area contributed by atoms with Crippen LogP contribution in [0.5, 0.6) is 23.0 Å². The van der Waals surface area contributed by atoms with Crippen LogP contribution in [0.2, 0.25) is 0 Å². The molecule has 0 unspecified atom stereocenters. The van der Waals surface area contributed by atoms with E-state index in [2.05, 4.69) is 13.2 Å². The van der Waals surface area contributed by atoms with Gasteiger partial charge >= 0.3 is 11.9 Å². The molecule has 2 rings (SSSR count). The van der Waals surface area contributed by atoms with Gasteiger partial charge in [-0.1, -0.05) is 25.3 Å². The van der Waals surface area contributed by atoms with Gasteiger partial charge in [-0.25, -0.2) is 9.59 Å². The summed E-state index contributed by atoms with van der Waals surface area (Å²) >= 11 is 0. The lowest BCUT2D eigenvalue weighted by molar-refractivity contribution is -0.129. The number of ether oxygens (including phenoxy) is 3. The summed E-state index contributed by atoms with van der Waals surface area (Å²) in [5.41, 5.74) is 3.40. The van der Waals surface area contributed by atoms with Crippen molar-refractivity contribution in [3.63, 3.8) is 0 Å². The van der Waals surface area contributed by atoms with Crippen molar-refractivity contribution in [2.24, 2.45) is 0 Å². The van der Waals surface area contributed by atoms with Crippen LogP contribution < -0.4 is 14.2 Å². The SMILES string of the molecule is C=CC(=O)Oc1c(Oc2ccc(C)c(C)c2OC(=O)C=C)ccc(C)c1C. The predicted octanol–water partition coefficient (Wildman–Crippen LogP) is 4.90. The van der Waals surface area contributed by atoms with Gasteiger partial charge in [0.1, 0.15) is 0 Å². The minimum absolute atomic E-state index is 0.291. The van der Waals surface area contributed by atoms with Crippen LogP contribution in [0, 0.1) is 27.7 Å². The Kier molecular flexibility index (Phi) is 6.19. The largest absolute Gasteiger partial charge is 0.449 e. The van der Waals surface area contributed by atoms with Crippen molar-refractivity contribution in [1.82, 2.24) is 0 Å². The van der Waals surface area contributed by atoms with Gasteiger partial charge in [0.15, 0.2) is 23.0 Å². The van der Waals surface area contributed by atoms with Crippen LogP contribution in [0.4, 0.5) is 0 Å². The monoisotopic (exact) mass is 366 g/mol. The van der Waals surface area contributed by atoms with Crippen molar-refractivity contribution in [3.8, 4) is 23.0 Å². The second-order valence-electron chi connectivity index (χ2n) is 6.02. The fourth-order valence-electron chi connectivity index (χ4n) is 2.35. The average molecular weight is 366 g/mol. The molecular weight excluding hydrogens is 344 g/mol. The van der Waals surface area contributed by atoms with Gasteiger partial charge in [-0.05, 0) is 62.1 Å². The molecule has 2 aromatic carbocycles. The van der Waals surface area contributed by atoms with Crippen LogP contribution in [0.3, 0.4) is 0 Å². The van der Waals surface area contributed by atoms with Crippen molar-refractivity contribution in [2.75, 3.05) is 0 Å². The lowest BCUT2D eigenvalue weighted by Crippen LogP contribution is -2.08. The summed E-state index contributed by atoms with van der Waals surface area (Å²) in [5, 5.41) is 0. The maximum Gasteiger partial charge on any atom is 0.335 e. The maximum atomic E-state index is 11.7. The second-order valence-corrected chi connectivity index (χ2v) is 6.02. The third kappa shape index (κ3) is 4.44. The number of esters is 2. The molecule has 0 aromatic heterocycles. The molecule has 5 heteroatoms. The predicted molar refractivity (Wildman–Crippen MR) is 104 cm³/mol. The van der Waals surface area contributed by atoms with Crippen molar-refractivity contribution in [1.29, 1.82) is 0 Å². The summed E-state index contributed by atoms with van der Waals surface area (Å²) in [6.07, 6.45) is 2.16. The molecule has 2 aromatic rings. The van der Waals surface area contributed by atoms with E-state index in [0.717, 1.165) is 34.4 Å². The standard InChI is InChI=1S/C22H22O5/c1-7-19(23)26-21-15(5)13(3)9-11-17(21)25-18-12-10-14(4)16(6)22(18)27-20(24)8-2/h7-12H,1-2H2,3-6H3. The minimum atomic E-state index is -0.591. The van der Waals surface area contributed by atoms with E-state index in [0.29, 0.717) is 23.0 Å². The molecule has 0 aliphatic carbocycles. The van der Waals surface area contributed by atoms with E-state index in [1.54, 1.807) is 12.1 Å². The molecule has 0 amide bonds. The van der Waals surface area contributed by atoms with E-state index in [-0.39, 0.29) is 0 Å². The van der Waals surface area contributed by atoms with Crippen LogP contribution in [-0.2, 0) is 9.59 Å². The number of hydrogen-bond acceptors (Lipinski definition) is 5. The molecule has 0 aliphatic heterocycles. The van der Waals surface area contributed by atoms with Crippen molar-refractivity contribution in [2.45, 2.75) is 27.7 Å². The van der Waals surface area contributed by atoms with Gasteiger partial charge in [0.25, 0.3) is 0 Å². The first-order valence-corrected chi connectivity index (χ1v) is 8.35. The first-order valence-electron chi connectivity index (χ1n) is 8.35. The van der Waals surface area contributed by atoms with E-state index in [1.807, 2.05) is 39.8 Å². The Morgan fingerprint density at radius 2 is 1.11 bits per heavy atom. The molecule has 0 heterocycles. The Morgan fingerprint density at radius 3 is 1.44 bits per heavy atom. The molecule has 0 saturated carbocycles. The molecule has 140 valence electrons. The van der Waals surface area contributed by atoms with Gasteiger partial charge in [-0.2, -0.15) is 0 Å². The molecule has 0 saturated heterocycles. The smallest absolute Gasteiger partial charge is 0.335 e. The number of carbonyl (C=O) groups excluding carboxylic acids is 2. The summed E-state index contributed by atoms with van der Waals surface area (Å²) in [4.78, 5) is 23.4. The number of rotatable bonds is 6. The van der Waals surface area contributed by atoms with Crippen LogP contribution in [0.1, 0.15) is 22.3 Å². The average Bonchev–Trinajstić information content (AvgIpc) is 2.66. The lowest BCUT2D eigenvalue weighted by atomic mass is 10.1. The summed E-state index contributed by atoms with van der Waals surface area (Å²) in [5.74, 6) is 0.0528. The van der Waals surface area contributed by atoms with Gasteiger partial charge in [0, 0.05) is 12.2 Å². The Hall–Kier alpha value is -3.34. The van der Waals surface area contributed by atoms with Crippen molar-refractivity contribution < 1.29 is 23.8 Å². The highest BCUT2D eigenvalue weighted by Crippen LogP contribution is 2.41. The topological polar surface area (TPSA) is 61.8 Å². The van der Waals surface area contributed by atoms with Crippen LogP contribution >= 0.6 is 0 Å². The molecular formula is C22H22O5. The number of aryl methyl sites for hydroxylation is 2. The fourth-order valence-corrected chi connectivity index (χ4v) is 2.35. The highest BCUT2D eigenvalue weighted by molar-refractivity contribution is 5.85.